The molecule has 1 aliphatic heterocycles. The Morgan fingerprint density at radius 1 is 1.13 bits per heavy atom. The van der Waals surface area contributed by atoms with Gasteiger partial charge in [0, 0.05) is 36.6 Å². The van der Waals surface area contributed by atoms with Crippen LogP contribution in [0.25, 0.3) is 0 Å². The molecule has 0 radical (unpaired) electrons. The Morgan fingerprint density at radius 2 is 1.79 bits per heavy atom. The third-order valence-electron chi connectivity index (χ3n) is 7.42. The van der Waals surface area contributed by atoms with Crippen LogP contribution in [0.15, 0.2) is 71.9 Å². The fraction of sp³-hybridized carbons (Fsp3) is 0.485. The van der Waals surface area contributed by atoms with Crippen LogP contribution >= 0.6 is 0 Å². The van der Waals surface area contributed by atoms with Gasteiger partial charge in [0.2, 0.25) is 0 Å². The molecule has 0 saturated carbocycles. The maximum Gasteiger partial charge on any atom is 0.274 e. The van der Waals surface area contributed by atoms with Gasteiger partial charge in [-0.25, -0.2) is 0 Å². The summed E-state index contributed by atoms with van der Waals surface area (Å²) >= 11 is 0. The van der Waals surface area contributed by atoms with Crippen molar-refractivity contribution in [1.82, 2.24) is 10.2 Å². The van der Waals surface area contributed by atoms with Crippen LogP contribution in [0.5, 0.6) is 0 Å². The third kappa shape index (κ3) is 8.29. The summed E-state index contributed by atoms with van der Waals surface area (Å²) in [5.41, 5.74) is 2.64. The Hall–Kier alpha value is -3.41. The van der Waals surface area contributed by atoms with Gasteiger partial charge in [0.25, 0.3) is 11.8 Å². The molecule has 0 bridgehead atoms. The molecule has 210 valence electrons. The number of benzene rings is 2. The third-order valence-corrected chi connectivity index (χ3v) is 7.42. The summed E-state index contributed by atoms with van der Waals surface area (Å²) in [6.07, 6.45) is 5.10. The molecule has 2 aromatic carbocycles. The lowest BCUT2D eigenvalue weighted by atomic mass is 9.83. The van der Waals surface area contributed by atoms with Crippen molar-refractivity contribution < 1.29 is 14.7 Å². The zero-order chi connectivity index (χ0) is 28.6. The molecular weight excluding hydrogens is 486 g/mol. The molecule has 2 unspecified atom stereocenters. The normalized spacial score (nSPS) is 18.1. The number of hydrogen-bond acceptors (Lipinski definition) is 4. The molecule has 2 aromatic rings. The zero-order valence-corrected chi connectivity index (χ0v) is 24.3. The molecule has 1 aliphatic rings. The number of nitrogens with zero attached hydrogens (tertiary/aromatic N) is 2. The fourth-order valence-corrected chi connectivity index (χ4v) is 4.98. The van der Waals surface area contributed by atoms with Crippen molar-refractivity contribution in [2.75, 3.05) is 13.1 Å². The van der Waals surface area contributed by atoms with Gasteiger partial charge in [0.1, 0.15) is 11.4 Å². The molecule has 2 N–H and O–H groups in total. The lowest BCUT2D eigenvalue weighted by Crippen LogP contribution is -2.47. The SMILES string of the molecule is C=C(O)CCNC(=O)c1ccc(C(CCC(C)(C)C)CN2C(=O)C(c3ccccc3)=NC2(C)CCCC)cc1. The Kier molecular flexibility index (Phi) is 10.1. The van der Waals surface area contributed by atoms with Gasteiger partial charge >= 0.3 is 0 Å². The highest BCUT2D eigenvalue weighted by Crippen LogP contribution is 2.36. The van der Waals surface area contributed by atoms with Crippen LogP contribution in [0.2, 0.25) is 0 Å². The van der Waals surface area contributed by atoms with Gasteiger partial charge in [-0.15, -0.1) is 0 Å². The monoisotopic (exact) mass is 531 g/mol. The number of amides is 2. The number of rotatable bonds is 13. The minimum atomic E-state index is -0.589. The number of aliphatic hydroxyl groups excluding tert-OH is 1. The maximum absolute atomic E-state index is 13.9. The highest BCUT2D eigenvalue weighted by molar-refractivity contribution is 6.46. The van der Waals surface area contributed by atoms with Crippen LogP contribution in [0.1, 0.15) is 101 Å². The van der Waals surface area contributed by atoms with E-state index in [0.717, 1.165) is 43.2 Å². The highest BCUT2D eigenvalue weighted by Gasteiger charge is 2.44. The summed E-state index contributed by atoms with van der Waals surface area (Å²) in [5.74, 6) is -0.0396. The van der Waals surface area contributed by atoms with E-state index in [1.807, 2.05) is 59.5 Å². The van der Waals surface area contributed by atoms with Crippen LogP contribution < -0.4 is 5.32 Å². The van der Waals surface area contributed by atoms with Gasteiger partial charge in [-0.1, -0.05) is 83.2 Å². The van der Waals surface area contributed by atoms with E-state index in [1.165, 1.54) is 0 Å². The van der Waals surface area contributed by atoms with Crippen molar-refractivity contribution >= 4 is 17.5 Å². The number of aliphatic hydroxyl groups is 1. The maximum atomic E-state index is 13.9. The molecule has 0 aromatic heterocycles. The molecule has 0 spiro atoms. The van der Waals surface area contributed by atoms with E-state index >= 15 is 0 Å². The predicted molar refractivity (Wildman–Crippen MR) is 159 cm³/mol. The highest BCUT2D eigenvalue weighted by atomic mass is 16.3. The lowest BCUT2D eigenvalue weighted by molar-refractivity contribution is -0.127. The number of hydrogen-bond donors (Lipinski definition) is 2. The van der Waals surface area contributed by atoms with Crippen molar-refractivity contribution in [2.45, 2.75) is 84.7 Å². The first-order valence-electron chi connectivity index (χ1n) is 14.2. The molecule has 0 saturated heterocycles. The second kappa shape index (κ2) is 13.1. The Bertz CT molecular complexity index is 1160. The second-order valence-electron chi connectivity index (χ2n) is 12.1. The van der Waals surface area contributed by atoms with Crippen LogP contribution in [0, 0.1) is 5.41 Å². The molecular formula is C33H45N3O3. The predicted octanol–water partition coefficient (Wildman–Crippen LogP) is 7.03. The molecule has 39 heavy (non-hydrogen) atoms. The summed E-state index contributed by atoms with van der Waals surface area (Å²) in [4.78, 5) is 33.4. The summed E-state index contributed by atoms with van der Waals surface area (Å²) < 4.78 is 0. The first-order valence-corrected chi connectivity index (χ1v) is 14.2. The van der Waals surface area contributed by atoms with E-state index < -0.39 is 5.66 Å². The molecule has 6 heteroatoms. The fourth-order valence-electron chi connectivity index (χ4n) is 4.98. The van der Waals surface area contributed by atoms with E-state index in [1.54, 1.807) is 0 Å². The van der Waals surface area contributed by atoms with E-state index in [2.05, 4.69) is 46.5 Å². The first kappa shape index (κ1) is 30.1. The average Bonchev–Trinajstić information content (AvgIpc) is 3.14. The van der Waals surface area contributed by atoms with Gasteiger partial charge in [-0.2, -0.15) is 0 Å². The van der Waals surface area contributed by atoms with Crippen molar-refractivity contribution in [3.05, 3.63) is 83.6 Å². The van der Waals surface area contributed by atoms with Crippen molar-refractivity contribution in [3.8, 4) is 0 Å². The summed E-state index contributed by atoms with van der Waals surface area (Å²) in [6.45, 7) is 15.3. The van der Waals surface area contributed by atoms with Gasteiger partial charge in [-0.05, 0) is 55.7 Å². The molecule has 1 heterocycles. The molecule has 3 rings (SSSR count). The van der Waals surface area contributed by atoms with E-state index in [-0.39, 0.29) is 28.9 Å². The van der Waals surface area contributed by atoms with E-state index in [4.69, 9.17) is 4.99 Å². The Morgan fingerprint density at radius 3 is 2.38 bits per heavy atom. The molecule has 0 aliphatic carbocycles. The van der Waals surface area contributed by atoms with E-state index in [9.17, 15) is 14.7 Å². The topological polar surface area (TPSA) is 82.0 Å². The number of carbonyl (C=O) groups excluding carboxylic acids is 2. The quantitative estimate of drug-likeness (QED) is 0.272. The van der Waals surface area contributed by atoms with Crippen LogP contribution in [0.4, 0.5) is 0 Å². The van der Waals surface area contributed by atoms with Crippen LogP contribution in [0.3, 0.4) is 0 Å². The number of carbonyl (C=O) groups is 2. The summed E-state index contributed by atoms with van der Waals surface area (Å²) in [5, 5.41) is 12.1. The van der Waals surface area contributed by atoms with Gasteiger partial charge in [0.05, 0.1) is 5.76 Å². The number of unbranched alkanes of at least 4 members (excludes halogenated alkanes) is 1. The van der Waals surface area contributed by atoms with Gasteiger partial charge < -0.3 is 15.3 Å². The smallest absolute Gasteiger partial charge is 0.274 e. The molecule has 0 fully saturated rings. The Labute approximate surface area is 234 Å². The summed E-state index contributed by atoms with van der Waals surface area (Å²) in [6, 6.07) is 17.5. The average molecular weight is 532 g/mol. The molecule has 2 atom stereocenters. The second-order valence-corrected chi connectivity index (χ2v) is 12.1. The van der Waals surface area contributed by atoms with Crippen LogP contribution in [-0.2, 0) is 4.79 Å². The van der Waals surface area contributed by atoms with Crippen LogP contribution in [-0.4, -0.2) is 46.3 Å². The largest absolute Gasteiger partial charge is 0.513 e. The van der Waals surface area contributed by atoms with Gasteiger partial charge in [0.15, 0.2) is 0 Å². The van der Waals surface area contributed by atoms with Crippen molar-refractivity contribution in [1.29, 1.82) is 0 Å². The van der Waals surface area contributed by atoms with Crippen molar-refractivity contribution in [3.63, 3.8) is 0 Å². The summed E-state index contributed by atoms with van der Waals surface area (Å²) in [7, 11) is 0. The van der Waals surface area contributed by atoms with Crippen molar-refractivity contribution in [2.24, 2.45) is 10.4 Å². The number of aliphatic imine (C=N–C) groups is 1. The van der Waals surface area contributed by atoms with Gasteiger partial charge in [-0.3, -0.25) is 14.6 Å². The number of nitrogens with one attached hydrogen (secondary N) is 1. The standard InChI is InChI=1S/C33H45N3O3/c1-7-8-20-33(6)35-29(26-12-10-9-11-13-26)31(39)36(33)23-28(18-21-32(3,4)5)25-14-16-27(17-15-25)30(38)34-22-19-24(2)37/h9-17,28,37H,2,7-8,18-23H2,1,3-6H3,(H,34,38). The zero-order valence-electron chi connectivity index (χ0n) is 24.3. The minimum Gasteiger partial charge on any atom is -0.513 e. The molecule has 2 amide bonds. The molecule has 6 nitrogen and oxygen atoms in total. The van der Waals surface area contributed by atoms with E-state index in [0.29, 0.717) is 30.8 Å². The Balaban J connectivity index is 1.87. The lowest BCUT2D eigenvalue weighted by Gasteiger charge is -2.36. The minimum absolute atomic E-state index is 0.0120. The first-order chi connectivity index (χ1) is 18.4.